The number of nitro benzene ring substituents is 1. The lowest BCUT2D eigenvalue weighted by Crippen LogP contribution is -2.16. The summed E-state index contributed by atoms with van der Waals surface area (Å²) in [5.41, 5.74) is 4.20. The number of hydrogen-bond acceptors (Lipinski definition) is 7. The third-order valence-electron chi connectivity index (χ3n) is 4.84. The van der Waals surface area contributed by atoms with Gasteiger partial charge < -0.3 is 9.15 Å². The number of hydrazone groups is 1. The molecule has 9 nitrogen and oxygen atoms in total. The second-order valence-electron chi connectivity index (χ2n) is 7.16. The van der Waals surface area contributed by atoms with Crippen molar-refractivity contribution in [2.75, 3.05) is 0 Å². The monoisotopic (exact) mass is 508 g/mol. The maximum atomic E-state index is 12.3. The fourth-order valence-corrected chi connectivity index (χ4v) is 3.79. The van der Waals surface area contributed by atoms with Gasteiger partial charge >= 0.3 is 5.91 Å². The first-order valence-electron chi connectivity index (χ1n) is 9.97. The summed E-state index contributed by atoms with van der Waals surface area (Å²) in [6.45, 7) is 0.104. The van der Waals surface area contributed by atoms with Crippen LogP contribution < -0.4 is 10.2 Å². The molecule has 0 aliphatic heterocycles. The van der Waals surface area contributed by atoms with E-state index in [1.807, 2.05) is 0 Å². The van der Waals surface area contributed by atoms with Gasteiger partial charge in [-0.3, -0.25) is 14.9 Å². The molecule has 11 heteroatoms. The summed E-state index contributed by atoms with van der Waals surface area (Å²) in [6, 6.07) is 17.6. The maximum absolute atomic E-state index is 12.3. The molecule has 1 amide bonds. The Hall–Kier alpha value is -4.39. The Morgan fingerprint density at radius 1 is 1.17 bits per heavy atom. The van der Waals surface area contributed by atoms with Crippen LogP contribution in [0.4, 0.5) is 5.69 Å². The molecule has 174 valence electrons. The number of halogens is 2. The molecular formula is C24H14Cl2N4O5. The van der Waals surface area contributed by atoms with Gasteiger partial charge in [0.05, 0.1) is 32.8 Å². The second-order valence-corrected chi connectivity index (χ2v) is 7.97. The van der Waals surface area contributed by atoms with E-state index in [2.05, 4.69) is 16.6 Å². The van der Waals surface area contributed by atoms with E-state index >= 15 is 0 Å². The number of carbonyl (C=O) groups excluding carboxylic acids is 1. The lowest BCUT2D eigenvalue weighted by molar-refractivity contribution is -0.384. The molecule has 0 radical (unpaired) electrons. The summed E-state index contributed by atoms with van der Waals surface area (Å²) < 4.78 is 11.1. The van der Waals surface area contributed by atoms with E-state index in [0.717, 1.165) is 0 Å². The molecule has 35 heavy (non-hydrogen) atoms. The molecule has 4 aromatic rings. The zero-order valence-electron chi connectivity index (χ0n) is 17.7. The summed E-state index contributed by atoms with van der Waals surface area (Å²) in [6.07, 6.45) is 1.33. The standard InChI is InChI=1S/C24H14Cl2N4O5/c25-19-7-14(8-20(26)23(19)34-13-16-4-2-1-3-15(16)11-27)12-28-29-24(31)22-10-17-9-18(30(32)33)5-6-21(17)35-22/h1-10,12H,13H2,(H,29,31)/b28-12+. The summed E-state index contributed by atoms with van der Waals surface area (Å²) >= 11 is 12.6. The average molecular weight is 509 g/mol. The normalized spacial score (nSPS) is 10.9. The van der Waals surface area contributed by atoms with Crippen LogP contribution in [0.25, 0.3) is 11.0 Å². The third-order valence-corrected chi connectivity index (χ3v) is 5.41. The fraction of sp³-hybridized carbons (Fsp3) is 0.0417. The van der Waals surface area contributed by atoms with Gasteiger partial charge in [0.2, 0.25) is 0 Å². The van der Waals surface area contributed by atoms with E-state index in [-0.39, 0.29) is 33.8 Å². The topological polar surface area (TPSA) is 131 Å². The van der Waals surface area contributed by atoms with Crippen molar-refractivity contribution in [1.82, 2.24) is 5.43 Å². The van der Waals surface area contributed by atoms with Crippen molar-refractivity contribution < 1.29 is 18.9 Å². The van der Waals surface area contributed by atoms with Crippen LogP contribution in [0.15, 0.2) is 70.2 Å². The van der Waals surface area contributed by atoms with Crippen molar-refractivity contribution in [3.63, 3.8) is 0 Å². The van der Waals surface area contributed by atoms with E-state index in [1.165, 1.54) is 30.5 Å². The van der Waals surface area contributed by atoms with Gasteiger partial charge in [-0.2, -0.15) is 10.4 Å². The minimum absolute atomic E-state index is 0.0601. The number of nitro groups is 1. The molecule has 0 fully saturated rings. The molecule has 3 aromatic carbocycles. The Kier molecular flexibility index (Phi) is 6.96. The van der Waals surface area contributed by atoms with Crippen LogP contribution >= 0.6 is 23.2 Å². The highest BCUT2D eigenvalue weighted by atomic mass is 35.5. The molecular weight excluding hydrogens is 495 g/mol. The number of carbonyl (C=O) groups is 1. The summed E-state index contributed by atoms with van der Waals surface area (Å²) in [4.78, 5) is 22.7. The second kappa shape index (κ2) is 10.3. The van der Waals surface area contributed by atoms with Crippen molar-refractivity contribution in [3.8, 4) is 11.8 Å². The molecule has 0 bridgehead atoms. The van der Waals surface area contributed by atoms with Crippen LogP contribution in [0.3, 0.4) is 0 Å². The number of non-ortho nitro benzene ring substituents is 1. The molecule has 0 aliphatic rings. The predicted octanol–water partition coefficient (Wildman–Crippen LogP) is 5.86. The van der Waals surface area contributed by atoms with Gasteiger partial charge in [0.1, 0.15) is 12.2 Å². The first kappa shape index (κ1) is 23.8. The van der Waals surface area contributed by atoms with Gasteiger partial charge in [0.15, 0.2) is 11.5 Å². The highest BCUT2D eigenvalue weighted by molar-refractivity contribution is 6.37. The van der Waals surface area contributed by atoms with E-state index in [9.17, 15) is 20.2 Å². The molecule has 0 spiro atoms. The number of rotatable bonds is 7. The molecule has 4 rings (SSSR count). The minimum atomic E-state index is -0.645. The quantitative estimate of drug-likeness (QED) is 0.189. The molecule has 1 N–H and O–H groups in total. The van der Waals surface area contributed by atoms with Crippen molar-refractivity contribution in [1.29, 1.82) is 5.26 Å². The van der Waals surface area contributed by atoms with Gasteiger partial charge in [0.25, 0.3) is 5.69 Å². The molecule has 0 saturated carbocycles. The first-order valence-corrected chi connectivity index (χ1v) is 10.7. The number of nitriles is 1. The number of nitrogens with zero attached hydrogens (tertiary/aromatic N) is 3. The number of amides is 1. The van der Waals surface area contributed by atoms with Gasteiger partial charge in [-0.25, -0.2) is 5.43 Å². The van der Waals surface area contributed by atoms with Crippen LogP contribution in [0.1, 0.15) is 27.2 Å². The Bertz CT molecular complexity index is 1500. The Morgan fingerprint density at radius 2 is 1.91 bits per heavy atom. The lowest BCUT2D eigenvalue weighted by Gasteiger charge is -2.11. The van der Waals surface area contributed by atoms with Crippen LogP contribution in [0.2, 0.25) is 10.0 Å². The van der Waals surface area contributed by atoms with Gasteiger partial charge in [-0.1, -0.05) is 41.4 Å². The zero-order chi connectivity index (χ0) is 24.9. The molecule has 1 heterocycles. The van der Waals surface area contributed by atoms with Crippen molar-refractivity contribution in [2.24, 2.45) is 5.10 Å². The SMILES string of the molecule is N#Cc1ccccc1COc1c(Cl)cc(/C=N/NC(=O)c2cc3cc([N+](=O)[O-])ccc3o2)cc1Cl. The Morgan fingerprint density at radius 3 is 2.63 bits per heavy atom. The molecule has 0 atom stereocenters. The number of furan rings is 1. The highest BCUT2D eigenvalue weighted by Gasteiger charge is 2.15. The Labute approximate surface area is 208 Å². The lowest BCUT2D eigenvalue weighted by atomic mass is 10.1. The van der Waals surface area contributed by atoms with E-state index in [0.29, 0.717) is 27.7 Å². The van der Waals surface area contributed by atoms with Crippen molar-refractivity contribution in [2.45, 2.75) is 6.61 Å². The van der Waals surface area contributed by atoms with Crippen LogP contribution in [0.5, 0.6) is 5.75 Å². The largest absolute Gasteiger partial charge is 0.486 e. The molecule has 0 unspecified atom stereocenters. The summed E-state index contributed by atoms with van der Waals surface area (Å²) in [7, 11) is 0. The maximum Gasteiger partial charge on any atom is 0.307 e. The van der Waals surface area contributed by atoms with Gasteiger partial charge in [-0.05, 0) is 35.9 Å². The van der Waals surface area contributed by atoms with Crippen molar-refractivity contribution >= 4 is 52.0 Å². The third kappa shape index (κ3) is 5.41. The van der Waals surface area contributed by atoms with Crippen LogP contribution in [0, 0.1) is 21.4 Å². The van der Waals surface area contributed by atoms with E-state index < -0.39 is 10.8 Å². The molecule has 0 aliphatic carbocycles. The number of hydrogen-bond donors (Lipinski definition) is 1. The summed E-state index contributed by atoms with van der Waals surface area (Å²) in [5.74, 6) is -0.456. The summed E-state index contributed by atoms with van der Waals surface area (Å²) in [5, 5.41) is 24.8. The zero-order valence-corrected chi connectivity index (χ0v) is 19.2. The van der Waals surface area contributed by atoms with Gasteiger partial charge in [-0.15, -0.1) is 0 Å². The highest BCUT2D eigenvalue weighted by Crippen LogP contribution is 2.34. The van der Waals surface area contributed by atoms with Crippen molar-refractivity contribution in [3.05, 3.63) is 103 Å². The predicted molar refractivity (Wildman–Crippen MR) is 130 cm³/mol. The van der Waals surface area contributed by atoms with Crippen LogP contribution in [-0.4, -0.2) is 17.0 Å². The smallest absolute Gasteiger partial charge is 0.307 e. The first-order chi connectivity index (χ1) is 16.9. The number of nitrogens with one attached hydrogen (secondary N) is 1. The van der Waals surface area contributed by atoms with Crippen LogP contribution in [-0.2, 0) is 6.61 Å². The van der Waals surface area contributed by atoms with E-state index in [1.54, 1.807) is 36.4 Å². The minimum Gasteiger partial charge on any atom is -0.486 e. The molecule has 0 saturated heterocycles. The fourth-order valence-electron chi connectivity index (χ4n) is 3.17. The Balaban J connectivity index is 1.43. The number of benzene rings is 3. The number of ether oxygens (including phenoxy) is 1. The number of fused-ring (bicyclic) bond motifs is 1. The van der Waals surface area contributed by atoms with Gasteiger partial charge in [0, 0.05) is 23.1 Å². The van der Waals surface area contributed by atoms with E-state index in [4.69, 9.17) is 32.4 Å². The average Bonchev–Trinajstić information content (AvgIpc) is 3.27. The molecule has 1 aromatic heterocycles.